The molecule has 116 valence electrons. The van der Waals surface area contributed by atoms with Crippen molar-refractivity contribution in [3.05, 3.63) is 40.8 Å². The lowest BCUT2D eigenvalue weighted by Gasteiger charge is -2.11. The molecule has 0 spiro atoms. The summed E-state index contributed by atoms with van der Waals surface area (Å²) in [4.78, 5) is 15.2. The maximum absolute atomic E-state index is 10.7. The lowest BCUT2D eigenvalue weighted by Crippen LogP contribution is -2.06. The second kappa shape index (κ2) is 8.63. The summed E-state index contributed by atoms with van der Waals surface area (Å²) >= 11 is 0. The van der Waals surface area contributed by atoms with E-state index in [4.69, 9.17) is 14.7 Å². The Hall–Kier alpha value is -2.61. The Labute approximate surface area is 130 Å². The Morgan fingerprint density at radius 2 is 2.14 bits per heavy atom. The molecule has 0 aliphatic rings. The molecule has 0 amide bonds. The van der Waals surface area contributed by atoms with Crippen LogP contribution in [0.15, 0.2) is 34.6 Å². The molecule has 1 aromatic rings. The Morgan fingerprint density at radius 1 is 1.41 bits per heavy atom. The summed E-state index contributed by atoms with van der Waals surface area (Å²) in [6.45, 7) is 5.95. The van der Waals surface area contributed by atoms with Crippen molar-refractivity contribution in [2.45, 2.75) is 27.2 Å². The van der Waals surface area contributed by atoms with Gasteiger partial charge in [0.15, 0.2) is 0 Å². The second-order valence-electron chi connectivity index (χ2n) is 4.68. The summed E-state index contributed by atoms with van der Waals surface area (Å²) < 4.78 is 10.9. The maximum Gasteiger partial charge on any atom is 0.150 e. The van der Waals surface area contributed by atoms with E-state index in [0.717, 1.165) is 12.1 Å². The smallest absolute Gasteiger partial charge is 0.150 e. The zero-order chi connectivity index (χ0) is 16.5. The summed E-state index contributed by atoms with van der Waals surface area (Å²) in [6, 6.07) is 6.73. The first-order chi connectivity index (χ1) is 10.5. The number of carbonyl (C=O) groups is 1. The van der Waals surface area contributed by atoms with Gasteiger partial charge in [-0.15, -0.1) is 0 Å². The fraction of sp³-hybridized carbons (Fsp3) is 0.353. The lowest BCUT2D eigenvalue weighted by molar-refractivity contribution is 0.112. The molecule has 5 heteroatoms. The minimum Gasteiger partial charge on any atom is -0.499 e. The summed E-state index contributed by atoms with van der Waals surface area (Å²) in [6.07, 6.45) is 1.53. The molecule has 0 saturated carbocycles. The predicted molar refractivity (Wildman–Crippen MR) is 85.1 cm³/mol. The Balaban J connectivity index is 3.00. The standard InChI is InChI=1S/C17H20N2O3/c1-5-12(2)19-16(13(3)21-4)11-22-17-7-6-14(10-20)8-15(17)9-18/h6-8,10H,5,11H2,1-4H3/b16-13+,19-12?. The van der Waals surface area contributed by atoms with E-state index in [1.54, 1.807) is 19.2 Å². The van der Waals surface area contributed by atoms with Gasteiger partial charge in [0, 0.05) is 11.3 Å². The number of nitriles is 1. The van der Waals surface area contributed by atoms with Gasteiger partial charge in [0.05, 0.1) is 12.7 Å². The predicted octanol–water partition coefficient (Wildman–Crippen LogP) is 3.50. The molecule has 0 fully saturated rings. The second-order valence-corrected chi connectivity index (χ2v) is 4.68. The highest BCUT2D eigenvalue weighted by molar-refractivity contribution is 5.82. The number of benzene rings is 1. The molecule has 0 saturated heterocycles. The third-order valence-corrected chi connectivity index (χ3v) is 3.17. The maximum atomic E-state index is 10.7. The molecule has 0 aliphatic carbocycles. The highest BCUT2D eigenvalue weighted by Gasteiger charge is 2.08. The van der Waals surface area contributed by atoms with Gasteiger partial charge < -0.3 is 9.47 Å². The van der Waals surface area contributed by atoms with Crippen LogP contribution < -0.4 is 4.74 Å². The van der Waals surface area contributed by atoms with Gasteiger partial charge in [0.1, 0.15) is 36.2 Å². The van der Waals surface area contributed by atoms with Crippen molar-refractivity contribution in [1.29, 1.82) is 5.26 Å². The molecular weight excluding hydrogens is 280 g/mol. The lowest BCUT2D eigenvalue weighted by atomic mass is 10.1. The molecule has 0 radical (unpaired) electrons. The molecule has 0 atom stereocenters. The molecule has 0 N–H and O–H groups in total. The van der Waals surface area contributed by atoms with Gasteiger partial charge in [-0.3, -0.25) is 9.79 Å². The molecule has 22 heavy (non-hydrogen) atoms. The van der Waals surface area contributed by atoms with Crippen molar-refractivity contribution in [1.82, 2.24) is 0 Å². The van der Waals surface area contributed by atoms with Crippen LogP contribution in [0.3, 0.4) is 0 Å². The molecule has 0 aliphatic heterocycles. The van der Waals surface area contributed by atoms with E-state index in [1.807, 2.05) is 26.8 Å². The van der Waals surface area contributed by atoms with Gasteiger partial charge >= 0.3 is 0 Å². The van der Waals surface area contributed by atoms with Crippen LogP contribution in [0.1, 0.15) is 43.1 Å². The zero-order valence-corrected chi connectivity index (χ0v) is 13.3. The number of ether oxygens (including phenoxy) is 2. The summed E-state index contributed by atoms with van der Waals surface area (Å²) in [7, 11) is 1.58. The van der Waals surface area contributed by atoms with Gasteiger partial charge in [-0.1, -0.05) is 6.92 Å². The Bertz CT molecular complexity index is 640. The van der Waals surface area contributed by atoms with Crippen LogP contribution in [-0.2, 0) is 4.74 Å². The summed E-state index contributed by atoms with van der Waals surface area (Å²) in [5, 5.41) is 9.13. The fourth-order valence-corrected chi connectivity index (χ4v) is 1.62. The molecule has 0 aromatic heterocycles. The molecule has 1 aromatic carbocycles. The number of methoxy groups -OCH3 is 1. The van der Waals surface area contributed by atoms with Crippen LogP contribution in [0.2, 0.25) is 0 Å². The average molecular weight is 300 g/mol. The first-order valence-electron chi connectivity index (χ1n) is 6.95. The largest absolute Gasteiger partial charge is 0.499 e. The van der Waals surface area contributed by atoms with Crippen LogP contribution in [0.4, 0.5) is 0 Å². The number of hydrogen-bond donors (Lipinski definition) is 0. The van der Waals surface area contributed by atoms with Crippen molar-refractivity contribution >= 4 is 12.0 Å². The van der Waals surface area contributed by atoms with Crippen molar-refractivity contribution in [2.75, 3.05) is 13.7 Å². The fourth-order valence-electron chi connectivity index (χ4n) is 1.62. The summed E-state index contributed by atoms with van der Waals surface area (Å²) in [5.74, 6) is 1.08. The topological polar surface area (TPSA) is 71.7 Å². The first kappa shape index (κ1) is 17.4. The highest BCUT2D eigenvalue weighted by atomic mass is 16.5. The van der Waals surface area contributed by atoms with Crippen molar-refractivity contribution < 1.29 is 14.3 Å². The van der Waals surface area contributed by atoms with Crippen LogP contribution in [0, 0.1) is 11.3 Å². The van der Waals surface area contributed by atoms with Gasteiger partial charge in [-0.2, -0.15) is 5.26 Å². The van der Waals surface area contributed by atoms with E-state index in [9.17, 15) is 4.79 Å². The minimum absolute atomic E-state index is 0.187. The SMILES string of the molecule is CCC(C)=N/C(COc1ccc(C=O)cc1C#N)=C(\C)OC. The van der Waals surface area contributed by atoms with E-state index in [1.165, 1.54) is 6.07 Å². The van der Waals surface area contributed by atoms with E-state index < -0.39 is 0 Å². The van der Waals surface area contributed by atoms with Crippen molar-refractivity contribution in [2.24, 2.45) is 4.99 Å². The molecular formula is C17H20N2O3. The van der Waals surface area contributed by atoms with Crippen LogP contribution >= 0.6 is 0 Å². The third-order valence-electron chi connectivity index (χ3n) is 3.17. The van der Waals surface area contributed by atoms with Gasteiger partial charge in [0.2, 0.25) is 0 Å². The van der Waals surface area contributed by atoms with E-state index in [0.29, 0.717) is 34.6 Å². The van der Waals surface area contributed by atoms with Crippen LogP contribution in [-0.4, -0.2) is 25.7 Å². The van der Waals surface area contributed by atoms with E-state index >= 15 is 0 Å². The molecule has 1 rings (SSSR count). The van der Waals surface area contributed by atoms with Crippen LogP contribution in [0.5, 0.6) is 5.75 Å². The first-order valence-corrected chi connectivity index (χ1v) is 6.95. The number of rotatable bonds is 7. The number of aldehydes is 1. The summed E-state index contributed by atoms with van der Waals surface area (Å²) in [5.41, 5.74) is 2.39. The van der Waals surface area contributed by atoms with E-state index in [2.05, 4.69) is 4.99 Å². The van der Waals surface area contributed by atoms with Crippen LogP contribution in [0.25, 0.3) is 0 Å². The molecule has 0 heterocycles. The number of carbonyl (C=O) groups excluding carboxylic acids is 1. The zero-order valence-electron chi connectivity index (χ0n) is 13.3. The number of aliphatic imine (C=N–C) groups is 1. The van der Waals surface area contributed by atoms with Gasteiger partial charge in [0.25, 0.3) is 0 Å². The van der Waals surface area contributed by atoms with Crippen molar-refractivity contribution in [3.8, 4) is 11.8 Å². The molecule has 0 unspecified atom stereocenters. The monoisotopic (exact) mass is 300 g/mol. The molecule has 0 bridgehead atoms. The molecule has 5 nitrogen and oxygen atoms in total. The number of nitrogens with zero attached hydrogens (tertiary/aromatic N) is 2. The van der Waals surface area contributed by atoms with E-state index in [-0.39, 0.29) is 6.61 Å². The number of hydrogen-bond acceptors (Lipinski definition) is 5. The average Bonchev–Trinajstić information content (AvgIpc) is 2.57. The normalized spacial score (nSPS) is 12.2. The highest BCUT2D eigenvalue weighted by Crippen LogP contribution is 2.20. The van der Waals surface area contributed by atoms with Gasteiger partial charge in [-0.25, -0.2) is 0 Å². The third kappa shape index (κ3) is 4.74. The minimum atomic E-state index is 0.187. The quantitative estimate of drug-likeness (QED) is 0.439. The van der Waals surface area contributed by atoms with Gasteiger partial charge in [-0.05, 0) is 38.5 Å². The number of allylic oxidation sites excluding steroid dienone is 1. The Morgan fingerprint density at radius 3 is 2.68 bits per heavy atom. The van der Waals surface area contributed by atoms with Crippen molar-refractivity contribution in [3.63, 3.8) is 0 Å². The Kier molecular flexibility index (Phi) is 6.84.